The number of hydrogen-bond acceptors (Lipinski definition) is 3. The van der Waals surface area contributed by atoms with Gasteiger partial charge in [0, 0.05) is 70.9 Å². The van der Waals surface area contributed by atoms with E-state index in [0.29, 0.717) is 5.56 Å². The maximum atomic E-state index is 13.8. The zero-order valence-electron chi connectivity index (χ0n) is 19.9. The van der Waals surface area contributed by atoms with E-state index in [1.165, 1.54) is 19.3 Å². The molecule has 0 spiro atoms. The number of nitrogens with zero attached hydrogens (tertiary/aromatic N) is 2. The highest BCUT2D eigenvalue weighted by Gasteiger charge is 2.41. The molecule has 1 N–H and O–H groups in total. The molecule has 1 aromatic heterocycles. The first kappa shape index (κ1) is 21.1. The number of carbonyl (C=O) groups excluding carboxylic acids is 1. The summed E-state index contributed by atoms with van der Waals surface area (Å²) in [6.45, 7) is 8.43. The molecule has 2 aliphatic carbocycles. The standard InChI is InChI=1S/C30H29N3O/c1-5-19-10-11-22-25(16-19)31-29-27(22)28(34)23-17-20(6-2)26(18-24(23)30(29,3)4)33-14-12-32(13-15-33)21-8-7-9-21/h1-2,10-11,16-18,21,31H,7-9,12-15H2,3-4H3. The van der Waals surface area contributed by atoms with Gasteiger partial charge in [-0.05, 0) is 42.7 Å². The zero-order chi connectivity index (χ0) is 23.6. The summed E-state index contributed by atoms with van der Waals surface area (Å²) in [5.74, 6) is 5.60. The Bertz CT molecular complexity index is 1420. The molecule has 4 heteroatoms. The molecule has 0 radical (unpaired) electrons. The SMILES string of the molecule is C#Cc1ccc2c3c([nH]c2c1)C(C)(C)c1cc(N2CCN(C4CCC4)CC2)c(C#C)cc1C3=O. The van der Waals surface area contributed by atoms with Crippen LogP contribution in [0.25, 0.3) is 10.9 Å². The molecule has 1 saturated carbocycles. The quantitative estimate of drug-likeness (QED) is 0.580. The van der Waals surface area contributed by atoms with Gasteiger partial charge in [0.2, 0.25) is 0 Å². The molecular formula is C30H29N3O. The van der Waals surface area contributed by atoms with E-state index in [0.717, 1.165) is 76.8 Å². The van der Waals surface area contributed by atoms with Gasteiger partial charge < -0.3 is 9.88 Å². The van der Waals surface area contributed by atoms with Crippen molar-refractivity contribution in [3.63, 3.8) is 0 Å². The van der Waals surface area contributed by atoms with Crippen LogP contribution in [0.1, 0.15) is 71.4 Å². The van der Waals surface area contributed by atoms with Crippen molar-refractivity contribution in [2.45, 2.75) is 44.6 Å². The number of aromatic nitrogens is 1. The molecule has 3 aliphatic rings. The van der Waals surface area contributed by atoms with Gasteiger partial charge in [0.05, 0.1) is 11.3 Å². The van der Waals surface area contributed by atoms with Gasteiger partial charge in [-0.25, -0.2) is 0 Å². The van der Waals surface area contributed by atoms with Crippen LogP contribution in [0.3, 0.4) is 0 Å². The summed E-state index contributed by atoms with van der Waals surface area (Å²) in [7, 11) is 0. The summed E-state index contributed by atoms with van der Waals surface area (Å²) >= 11 is 0. The largest absolute Gasteiger partial charge is 0.368 e. The maximum absolute atomic E-state index is 13.8. The van der Waals surface area contributed by atoms with Crippen molar-refractivity contribution in [2.75, 3.05) is 31.1 Å². The van der Waals surface area contributed by atoms with E-state index in [1.807, 2.05) is 24.3 Å². The second kappa shape index (κ2) is 7.52. The van der Waals surface area contributed by atoms with Crippen LogP contribution < -0.4 is 4.90 Å². The maximum Gasteiger partial charge on any atom is 0.195 e. The molecule has 1 aliphatic heterocycles. The predicted octanol–water partition coefficient (Wildman–Crippen LogP) is 4.68. The number of carbonyl (C=O) groups is 1. The lowest BCUT2D eigenvalue weighted by Crippen LogP contribution is -2.52. The number of hydrogen-bond donors (Lipinski definition) is 1. The third-order valence-corrected chi connectivity index (χ3v) is 8.27. The van der Waals surface area contributed by atoms with Gasteiger partial charge in [0.25, 0.3) is 0 Å². The van der Waals surface area contributed by atoms with Crippen LogP contribution in [0.5, 0.6) is 0 Å². The molecule has 0 amide bonds. The highest BCUT2D eigenvalue weighted by molar-refractivity contribution is 6.20. The van der Waals surface area contributed by atoms with Gasteiger partial charge in [0.1, 0.15) is 0 Å². The Kier molecular flexibility index (Phi) is 4.67. The number of fused-ring (bicyclic) bond motifs is 4. The number of H-pyrrole nitrogens is 1. The molecule has 0 atom stereocenters. The van der Waals surface area contributed by atoms with Crippen molar-refractivity contribution < 1.29 is 4.79 Å². The monoisotopic (exact) mass is 447 g/mol. The van der Waals surface area contributed by atoms with Gasteiger partial charge >= 0.3 is 0 Å². The molecule has 2 fully saturated rings. The minimum Gasteiger partial charge on any atom is -0.368 e. The average Bonchev–Trinajstić information content (AvgIpc) is 3.21. The topological polar surface area (TPSA) is 39.3 Å². The molecule has 2 heterocycles. The number of rotatable bonds is 2. The first-order valence-corrected chi connectivity index (χ1v) is 12.2. The smallest absolute Gasteiger partial charge is 0.195 e. The van der Waals surface area contributed by atoms with E-state index in [4.69, 9.17) is 12.8 Å². The molecule has 0 bridgehead atoms. The Hall–Kier alpha value is -3.47. The summed E-state index contributed by atoms with van der Waals surface area (Å²) in [5.41, 5.74) is 6.63. The minimum absolute atomic E-state index is 0.0295. The lowest BCUT2D eigenvalue weighted by Gasteiger charge is -2.44. The third-order valence-electron chi connectivity index (χ3n) is 8.27. The van der Waals surface area contributed by atoms with Crippen LogP contribution in [-0.2, 0) is 5.41 Å². The summed E-state index contributed by atoms with van der Waals surface area (Å²) in [4.78, 5) is 22.4. The second-order valence-corrected chi connectivity index (χ2v) is 10.4. The average molecular weight is 448 g/mol. The molecule has 1 saturated heterocycles. The molecule has 170 valence electrons. The molecule has 2 aromatic carbocycles. The number of benzene rings is 2. The van der Waals surface area contributed by atoms with Crippen molar-refractivity contribution in [2.24, 2.45) is 0 Å². The van der Waals surface area contributed by atoms with Crippen LogP contribution >= 0.6 is 0 Å². The fourth-order valence-electron chi connectivity index (χ4n) is 6.01. The fraction of sp³-hybridized carbons (Fsp3) is 0.367. The number of piperazine rings is 1. The molecule has 3 aromatic rings. The highest BCUT2D eigenvalue weighted by atomic mass is 16.1. The van der Waals surface area contributed by atoms with Gasteiger partial charge in [0.15, 0.2) is 5.78 Å². The molecule has 34 heavy (non-hydrogen) atoms. The molecular weight excluding hydrogens is 418 g/mol. The summed E-state index contributed by atoms with van der Waals surface area (Å²) in [6, 6.07) is 10.7. The van der Waals surface area contributed by atoms with Crippen LogP contribution in [0.15, 0.2) is 30.3 Å². The normalized spacial score (nSPS) is 19.8. The van der Waals surface area contributed by atoms with Gasteiger partial charge in [-0.15, -0.1) is 12.8 Å². The van der Waals surface area contributed by atoms with Crippen LogP contribution in [-0.4, -0.2) is 47.9 Å². The van der Waals surface area contributed by atoms with Gasteiger partial charge in [-0.1, -0.05) is 38.2 Å². The van der Waals surface area contributed by atoms with E-state index < -0.39 is 0 Å². The number of aromatic amines is 1. The van der Waals surface area contributed by atoms with Crippen molar-refractivity contribution in [1.29, 1.82) is 0 Å². The Labute approximate surface area is 201 Å². The summed E-state index contributed by atoms with van der Waals surface area (Å²) in [6.07, 6.45) is 15.6. The minimum atomic E-state index is -0.371. The van der Waals surface area contributed by atoms with E-state index in [9.17, 15) is 4.79 Å². The Balaban J connectivity index is 1.43. The molecule has 6 rings (SSSR count). The number of terminal acetylenes is 2. The Morgan fingerprint density at radius 3 is 2.44 bits per heavy atom. The molecule has 4 nitrogen and oxygen atoms in total. The lowest BCUT2D eigenvalue weighted by molar-refractivity contribution is 0.103. The summed E-state index contributed by atoms with van der Waals surface area (Å²) < 4.78 is 0. The van der Waals surface area contributed by atoms with Crippen LogP contribution in [0.4, 0.5) is 5.69 Å². The third kappa shape index (κ3) is 2.96. The Morgan fingerprint density at radius 2 is 1.79 bits per heavy atom. The summed E-state index contributed by atoms with van der Waals surface area (Å²) in [5, 5.41) is 0.913. The van der Waals surface area contributed by atoms with Crippen molar-refractivity contribution in [1.82, 2.24) is 9.88 Å². The molecule has 0 unspecified atom stereocenters. The number of ketones is 1. The second-order valence-electron chi connectivity index (χ2n) is 10.4. The van der Waals surface area contributed by atoms with Crippen LogP contribution in [0.2, 0.25) is 0 Å². The van der Waals surface area contributed by atoms with E-state index >= 15 is 0 Å². The first-order chi connectivity index (χ1) is 16.4. The Morgan fingerprint density at radius 1 is 1.03 bits per heavy atom. The zero-order valence-corrected chi connectivity index (χ0v) is 19.9. The van der Waals surface area contributed by atoms with Crippen molar-refractivity contribution >= 4 is 22.4 Å². The van der Waals surface area contributed by atoms with Gasteiger partial charge in [-0.2, -0.15) is 0 Å². The number of nitrogens with one attached hydrogen (secondary N) is 1. The highest BCUT2D eigenvalue weighted by Crippen LogP contribution is 2.45. The number of anilines is 1. The van der Waals surface area contributed by atoms with E-state index in [2.05, 4.69) is 46.5 Å². The van der Waals surface area contributed by atoms with E-state index in [-0.39, 0.29) is 11.2 Å². The lowest BCUT2D eigenvalue weighted by atomic mass is 9.70. The van der Waals surface area contributed by atoms with Crippen molar-refractivity contribution in [3.05, 3.63) is 63.8 Å². The van der Waals surface area contributed by atoms with Gasteiger partial charge in [-0.3, -0.25) is 9.69 Å². The van der Waals surface area contributed by atoms with E-state index in [1.54, 1.807) is 0 Å². The van der Waals surface area contributed by atoms with Crippen LogP contribution in [0, 0.1) is 24.7 Å². The first-order valence-electron chi connectivity index (χ1n) is 12.2. The van der Waals surface area contributed by atoms with Crippen molar-refractivity contribution in [3.8, 4) is 24.7 Å². The fourth-order valence-corrected chi connectivity index (χ4v) is 6.01. The predicted molar refractivity (Wildman–Crippen MR) is 138 cm³/mol.